The molecule has 1 aromatic rings. The molecule has 0 bridgehead atoms. The molecule has 1 saturated carbocycles. The average molecular weight is 397 g/mol. The Hall–Kier alpha value is -1.51. The molecular weight excluding hydrogens is 368 g/mol. The van der Waals surface area contributed by atoms with Gasteiger partial charge in [0.2, 0.25) is 22.6 Å². The van der Waals surface area contributed by atoms with Crippen molar-refractivity contribution in [1.29, 1.82) is 0 Å². The van der Waals surface area contributed by atoms with E-state index in [2.05, 4.69) is 9.62 Å². The molecule has 1 spiro atoms. The van der Waals surface area contributed by atoms with Crippen LogP contribution in [0.15, 0.2) is 12.1 Å². The smallest absolute Gasteiger partial charge is 0.231 e. The molecule has 1 aromatic carbocycles. The lowest BCUT2D eigenvalue weighted by molar-refractivity contribution is 0.0860. The van der Waals surface area contributed by atoms with Gasteiger partial charge in [0.25, 0.3) is 0 Å². The van der Waals surface area contributed by atoms with E-state index in [1.165, 1.54) is 6.26 Å². The molecule has 2 aliphatic heterocycles. The molecule has 1 unspecified atom stereocenters. The number of sulfonamides is 1. The van der Waals surface area contributed by atoms with Gasteiger partial charge in [-0.3, -0.25) is 4.90 Å². The van der Waals surface area contributed by atoms with Crippen molar-refractivity contribution in [2.75, 3.05) is 33.2 Å². The van der Waals surface area contributed by atoms with E-state index >= 15 is 0 Å². The van der Waals surface area contributed by atoms with Crippen LogP contribution >= 0.6 is 0 Å². The van der Waals surface area contributed by atoms with Crippen molar-refractivity contribution in [2.24, 2.45) is 5.41 Å². The van der Waals surface area contributed by atoms with Gasteiger partial charge in [-0.2, -0.15) is 0 Å². The first-order valence-corrected chi connectivity index (χ1v) is 11.4. The van der Waals surface area contributed by atoms with Crippen LogP contribution in [0.25, 0.3) is 0 Å². The number of hydrogen-bond acceptors (Lipinski definition) is 6. The minimum Gasteiger partial charge on any atom is -0.493 e. The van der Waals surface area contributed by atoms with E-state index in [1.54, 1.807) is 7.11 Å². The Bertz CT molecular complexity index is 803. The van der Waals surface area contributed by atoms with Gasteiger partial charge in [-0.15, -0.1) is 0 Å². The van der Waals surface area contributed by atoms with Crippen LogP contribution < -0.4 is 18.9 Å². The summed E-state index contributed by atoms with van der Waals surface area (Å²) in [5, 5.41) is 0. The predicted molar refractivity (Wildman–Crippen MR) is 102 cm³/mol. The maximum Gasteiger partial charge on any atom is 0.231 e. The highest BCUT2D eigenvalue weighted by atomic mass is 32.2. The molecule has 3 aliphatic rings. The molecule has 8 heteroatoms. The molecule has 2 fully saturated rings. The zero-order chi connectivity index (χ0) is 19.1. The first kappa shape index (κ1) is 18.8. The van der Waals surface area contributed by atoms with Gasteiger partial charge in [0.1, 0.15) is 0 Å². The molecule has 7 nitrogen and oxygen atoms in total. The van der Waals surface area contributed by atoms with E-state index in [0.717, 1.165) is 63.1 Å². The number of hydrogen-bond donors (Lipinski definition) is 1. The van der Waals surface area contributed by atoms with Crippen LogP contribution in [0.1, 0.15) is 37.7 Å². The van der Waals surface area contributed by atoms with Crippen LogP contribution in [0.5, 0.6) is 17.2 Å². The van der Waals surface area contributed by atoms with Crippen LogP contribution in [0, 0.1) is 5.41 Å². The number of rotatable bonds is 5. The number of piperidine rings is 1. The van der Waals surface area contributed by atoms with Crippen molar-refractivity contribution in [3.8, 4) is 17.2 Å². The van der Waals surface area contributed by atoms with Crippen LogP contribution in [-0.4, -0.2) is 52.6 Å². The fourth-order valence-corrected chi connectivity index (χ4v) is 5.75. The quantitative estimate of drug-likeness (QED) is 0.821. The van der Waals surface area contributed by atoms with Crippen LogP contribution in [0.3, 0.4) is 0 Å². The first-order valence-electron chi connectivity index (χ1n) is 9.55. The summed E-state index contributed by atoms with van der Waals surface area (Å²) < 4.78 is 42.7. The number of nitrogens with one attached hydrogen (secondary N) is 1. The van der Waals surface area contributed by atoms with E-state index in [1.807, 2.05) is 12.1 Å². The highest BCUT2D eigenvalue weighted by Gasteiger charge is 2.45. The topological polar surface area (TPSA) is 77.1 Å². The number of nitrogens with zero attached hydrogens (tertiary/aromatic N) is 1. The Morgan fingerprint density at radius 2 is 2.04 bits per heavy atom. The molecule has 150 valence electrons. The first-order chi connectivity index (χ1) is 12.9. The van der Waals surface area contributed by atoms with Gasteiger partial charge in [0.15, 0.2) is 11.5 Å². The number of ether oxygens (including phenoxy) is 3. The van der Waals surface area contributed by atoms with Crippen molar-refractivity contribution < 1.29 is 22.6 Å². The minimum atomic E-state index is -3.16. The normalized spacial score (nSPS) is 24.4. The molecule has 4 rings (SSSR count). The van der Waals surface area contributed by atoms with Gasteiger partial charge in [-0.05, 0) is 61.9 Å². The monoisotopic (exact) mass is 396 g/mol. The molecule has 1 aliphatic carbocycles. The van der Waals surface area contributed by atoms with E-state index in [-0.39, 0.29) is 18.2 Å². The number of fused-ring (bicyclic) bond motifs is 1. The minimum absolute atomic E-state index is 0.0836. The molecule has 1 N–H and O–H groups in total. The summed E-state index contributed by atoms with van der Waals surface area (Å²) in [7, 11) is -1.52. The Morgan fingerprint density at radius 1 is 1.26 bits per heavy atom. The van der Waals surface area contributed by atoms with Gasteiger partial charge in [0.05, 0.1) is 13.4 Å². The van der Waals surface area contributed by atoms with Crippen LogP contribution in [0.2, 0.25) is 0 Å². The van der Waals surface area contributed by atoms with Gasteiger partial charge in [0, 0.05) is 12.6 Å². The third-order valence-corrected chi connectivity index (χ3v) is 6.95. The van der Waals surface area contributed by atoms with Crippen LogP contribution in [0.4, 0.5) is 0 Å². The Labute approximate surface area is 161 Å². The maximum absolute atomic E-state index is 11.7. The van der Waals surface area contributed by atoms with Gasteiger partial charge >= 0.3 is 0 Å². The molecule has 0 amide bonds. The van der Waals surface area contributed by atoms with Gasteiger partial charge in [-0.1, -0.05) is 6.42 Å². The Morgan fingerprint density at radius 3 is 2.74 bits per heavy atom. The summed E-state index contributed by atoms with van der Waals surface area (Å²) in [5.41, 5.74) is 1.26. The highest BCUT2D eigenvalue weighted by molar-refractivity contribution is 7.88. The lowest BCUT2D eigenvalue weighted by Crippen LogP contribution is -2.49. The van der Waals surface area contributed by atoms with E-state index < -0.39 is 10.0 Å². The number of benzene rings is 1. The molecule has 27 heavy (non-hydrogen) atoms. The van der Waals surface area contributed by atoms with Crippen molar-refractivity contribution in [2.45, 2.75) is 44.7 Å². The lowest BCUT2D eigenvalue weighted by Gasteiger charge is -2.43. The summed E-state index contributed by atoms with van der Waals surface area (Å²) in [5.74, 6) is 2.13. The van der Waals surface area contributed by atoms with E-state index in [4.69, 9.17) is 14.2 Å². The summed E-state index contributed by atoms with van der Waals surface area (Å²) >= 11 is 0. The highest BCUT2D eigenvalue weighted by Crippen LogP contribution is 2.47. The zero-order valence-electron chi connectivity index (χ0n) is 16.0. The summed E-state index contributed by atoms with van der Waals surface area (Å²) in [6.45, 7) is 3.00. The SMILES string of the molecule is COc1cc(CN2CCC3(CCCC3NS(C)(=O)=O)CC2)cc2c1OCO2. The third kappa shape index (κ3) is 3.88. The Balaban J connectivity index is 1.41. The fraction of sp³-hybridized carbons (Fsp3) is 0.684. The van der Waals surface area contributed by atoms with E-state index in [0.29, 0.717) is 11.5 Å². The van der Waals surface area contributed by atoms with Crippen LogP contribution in [-0.2, 0) is 16.6 Å². The van der Waals surface area contributed by atoms with Gasteiger partial charge < -0.3 is 14.2 Å². The summed E-state index contributed by atoms with van der Waals surface area (Å²) in [6.07, 6.45) is 6.50. The second-order valence-electron chi connectivity index (χ2n) is 8.01. The largest absolute Gasteiger partial charge is 0.493 e. The predicted octanol–water partition coefficient (Wildman–Crippen LogP) is 2.11. The molecule has 1 saturated heterocycles. The van der Waals surface area contributed by atoms with E-state index in [9.17, 15) is 8.42 Å². The third-order valence-electron chi connectivity index (χ3n) is 6.24. The van der Waals surface area contributed by atoms with Crippen molar-refractivity contribution in [3.05, 3.63) is 17.7 Å². The number of methoxy groups -OCH3 is 1. The maximum atomic E-state index is 11.7. The average Bonchev–Trinajstić information content (AvgIpc) is 3.23. The zero-order valence-corrected chi connectivity index (χ0v) is 16.8. The number of likely N-dealkylation sites (tertiary alicyclic amines) is 1. The lowest BCUT2D eigenvalue weighted by atomic mass is 9.74. The molecule has 1 atom stereocenters. The second kappa shape index (κ2) is 7.14. The fourth-order valence-electron chi connectivity index (χ4n) is 4.87. The molecule has 0 radical (unpaired) electrons. The summed E-state index contributed by atoms with van der Waals surface area (Å²) in [6, 6.07) is 4.13. The molecule has 0 aromatic heterocycles. The second-order valence-corrected chi connectivity index (χ2v) is 9.79. The molecule has 2 heterocycles. The Kier molecular flexibility index (Phi) is 4.98. The standard InChI is InChI=1S/C19H28N2O5S/c1-24-15-10-14(11-16-18(15)26-13-25-16)12-21-8-6-19(7-9-21)5-3-4-17(19)20-27(2,22)23/h10-11,17,20H,3-9,12-13H2,1-2H3. The van der Waals surface area contributed by atoms with Crippen molar-refractivity contribution in [1.82, 2.24) is 9.62 Å². The van der Waals surface area contributed by atoms with Crippen molar-refractivity contribution in [3.63, 3.8) is 0 Å². The summed E-state index contributed by atoms with van der Waals surface area (Å²) in [4.78, 5) is 2.43. The van der Waals surface area contributed by atoms with Gasteiger partial charge in [-0.25, -0.2) is 13.1 Å². The van der Waals surface area contributed by atoms with Crippen molar-refractivity contribution >= 4 is 10.0 Å². The molecular formula is C19H28N2O5S.